The first kappa shape index (κ1) is 39.9. The van der Waals surface area contributed by atoms with Gasteiger partial charge >= 0.3 is 12.1 Å². The van der Waals surface area contributed by atoms with Crippen molar-refractivity contribution in [3.63, 3.8) is 0 Å². The molecule has 10 heteroatoms. The van der Waals surface area contributed by atoms with Crippen molar-refractivity contribution in [1.29, 1.82) is 0 Å². The van der Waals surface area contributed by atoms with Crippen molar-refractivity contribution in [1.82, 2.24) is 20.4 Å². The summed E-state index contributed by atoms with van der Waals surface area (Å²) in [5, 5.41) is 5.54. The van der Waals surface area contributed by atoms with E-state index in [-0.39, 0.29) is 34.7 Å². The average molecular weight is 573 g/mol. The predicted octanol–water partition coefficient (Wildman–Crippen LogP) is 1.81. The van der Waals surface area contributed by atoms with Crippen LogP contribution >= 0.6 is 0 Å². The number of imide groups is 2. The number of rotatable bonds is 14. The minimum absolute atomic E-state index is 0.0698. The Balaban J connectivity index is 0. The van der Waals surface area contributed by atoms with Crippen LogP contribution < -0.4 is 20.4 Å². The summed E-state index contributed by atoms with van der Waals surface area (Å²) in [6, 6.07) is -0.527. The Bertz CT molecular complexity index is 739. The van der Waals surface area contributed by atoms with Crippen LogP contribution in [0.3, 0.4) is 0 Å². The topological polar surface area (TPSA) is 108 Å². The molecule has 0 aliphatic rings. The second-order valence-corrected chi connectivity index (χ2v) is 13.5. The molecule has 0 bridgehead atoms. The lowest BCUT2D eigenvalue weighted by Gasteiger charge is -2.24. The third-order valence-electron chi connectivity index (χ3n) is 6.10. The van der Waals surface area contributed by atoms with E-state index in [4.69, 9.17) is 0 Å². The molecule has 0 rings (SSSR count). The van der Waals surface area contributed by atoms with Crippen molar-refractivity contribution < 1.29 is 29.0 Å². The van der Waals surface area contributed by atoms with Crippen LogP contribution in [0.25, 0.3) is 0 Å². The Morgan fingerprint density at radius 2 is 1.07 bits per heavy atom. The van der Waals surface area contributed by atoms with Crippen LogP contribution in [0, 0.1) is 10.8 Å². The highest BCUT2D eigenvalue weighted by molar-refractivity contribution is 5.95. The van der Waals surface area contributed by atoms with Crippen LogP contribution in [0.5, 0.6) is 0 Å². The number of quaternary nitrogens is 2. The molecular weight excluding hydrogens is 508 g/mol. The summed E-state index contributed by atoms with van der Waals surface area (Å²) >= 11 is 0. The number of hydrogen-bond acceptors (Lipinski definition) is 4. The summed E-state index contributed by atoms with van der Waals surface area (Å²) in [6.07, 6.45) is 4.19. The van der Waals surface area contributed by atoms with Gasteiger partial charge in [-0.1, -0.05) is 41.5 Å². The van der Waals surface area contributed by atoms with E-state index >= 15 is 0 Å². The Morgan fingerprint density at radius 3 is 1.48 bits per heavy atom. The van der Waals surface area contributed by atoms with Gasteiger partial charge in [-0.15, -0.1) is 0 Å². The summed E-state index contributed by atoms with van der Waals surface area (Å²) in [6.45, 7) is 20.3. The van der Waals surface area contributed by atoms with Crippen LogP contribution in [0.4, 0.5) is 9.59 Å². The zero-order valence-electron chi connectivity index (χ0n) is 28.0. The van der Waals surface area contributed by atoms with Gasteiger partial charge in [-0.3, -0.25) is 19.4 Å². The second-order valence-electron chi connectivity index (χ2n) is 13.5. The van der Waals surface area contributed by atoms with Gasteiger partial charge in [0.25, 0.3) is 0 Å². The maximum atomic E-state index is 12.2. The van der Waals surface area contributed by atoms with Gasteiger partial charge in [0.15, 0.2) is 0 Å². The Kier molecular flexibility index (Phi) is 20.6. The molecule has 0 saturated carbocycles. The molecule has 0 aliphatic heterocycles. The van der Waals surface area contributed by atoms with Crippen molar-refractivity contribution in [2.24, 2.45) is 10.8 Å². The smallest absolute Gasteiger partial charge is 0.324 e. The van der Waals surface area contributed by atoms with E-state index in [9.17, 15) is 19.2 Å². The molecule has 236 valence electrons. The third kappa shape index (κ3) is 22.6. The number of hydrogen-bond donors (Lipinski definition) is 4. The van der Waals surface area contributed by atoms with Crippen molar-refractivity contribution in [3.8, 4) is 0 Å². The van der Waals surface area contributed by atoms with E-state index in [0.29, 0.717) is 39.0 Å². The Labute approximate surface area is 245 Å². The van der Waals surface area contributed by atoms with Crippen molar-refractivity contribution >= 4 is 23.9 Å². The van der Waals surface area contributed by atoms with Gasteiger partial charge in [0.1, 0.15) is 0 Å². The number of nitrogens with zero attached hydrogens (tertiary/aromatic N) is 2. The van der Waals surface area contributed by atoms with Gasteiger partial charge in [0.2, 0.25) is 11.8 Å². The molecule has 0 aromatic carbocycles. The largest absolute Gasteiger partial charge is 0.340 e. The fourth-order valence-corrected chi connectivity index (χ4v) is 3.58. The quantitative estimate of drug-likeness (QED) is 0.238. The van der Waals surface area contributed by atoms with Crippen molar-refractivity contribution in [3.05, 3.63) is 0 Å². The molecule has 0 aliphatic carbocycles. The van der Waals surface area contributed by atoms with Crippen LogP contribution in [0.1, 0.15) is 93.9 Å². The molecule has 0 unspecified atom stereocenters. The average Bonchev–Trinajstić information content (AvgIpc) is 2.81. The molecule has 6 amide bonds. The van der Waals surface area contributed by atoms with Crippen LogP contribution in [-0.4, -0.2) is 101 Å². The first-order chi connectivity index (χ1) is 18.3. The maximum Gasteiger partial charge on any atom is 0.324 e. The van der Waals surface area contributed by atoms with Gasteiger partial charge in [0, 0.05) is 51.9 Å². The van der Waals surface area contributed by atoms with Crippen molar-refractivity contribution in [2.75, 3.05) is 67.5 Å². The van der Waals surface area contributed by atoms with Gasteiger partial charge in [-0.05, 0) is 37.5 Å². The van der Waals surface area contributed by atoms with Gasteiger partial charge < -0.3 is 20.4 Å². The lowest BCUT2D eigenvalue weighted by molar-refractivity contribution is -0.858. The highest BCUT2D eigenvalue weighted by Gasteiger charge is 2.23. The first-order valence-corrected chi connectivity index (χ1v) is 15.1. The highest BCUT2D eigenvalue weighted by Crippen LogP contribution is 2.22. The molecular formula is C30H64N6O4+2. The zero-order valence-corrected chi connectivity index (χ0v) is 28.0. The molecule has 0 fully saturated rings. The van der Waals surface area contributed by atoms with E-state index in [0.717, 1.165) is 38.8 Å². The standard InChI is InChI=1S/2C15H31N3O2/c1-7-18(13(19)9-10-15(2,3)4)14(20)16-11-8-12-17(5)6;1-7-16-14(20)18(12-8-11-17(5)6)13(19)9-10-15(2,3)4/h2*7-12H2,1-6H3,(H,16,20)/p+2. The summed E-state index contributed by atoms with van der Waals surface area (Å²) < 4.78 is 0. The van der Waals surface area contributed by atoms with Gasteiger partial charge in [-0.25, -0.2) is 9.59 Å². The molecule has 0 atom stereocenters. The molecule has 0 radical (unpaired) electrons. The van der Waals surface area contributed by atoms with Crippen molar-refractivity contribution in [2.45, 2.75) is 93.9 Å². The molecule has 0 aromatic heterocycles. The number of nitrogens with one attached hydrogen (secondary N) is 4. The first-order valence-electron chi connectivity index (χ1n) is 15.1. The van der Waals surface area contributed by atoms with Crippen LogP contribution in [0.2, 0.25) is 0 Å². The molecule has 4 N–H and O–H groups in total. The van der Waals surface area contributed by atoms with Crippen LogP contribution in [0.15, 0.2) is 0 Å². The van der Waals surface area contributed by atoms with E-state index < -0.39 is 0 Å². The second kappa shape index (κ2) is 20.6. The van der Waals surface area contributed by atoms with Gasteiger partial charge in [0.05, 0.1) is 41.3 Å². The zero-order chi connectivity index (χ0) is 31.5. The van der Waals surface area contributed by atoms with E-state index in [1.165, 1.54) is 19.6 Å². The minimum Gasteiger partial charge on any atom is -0.340 e. The molecule has 40 heavy (non-hydrogen) atoms. The predicted molar refractivity (Wildman–Crippen MR) is 164 cm³/mol. The molecule has 0 spiro atoms. The summed E-state index contributed by atoms with van der Waals surface area (Å²) in [5.41, 5.74) is 0.219. The SMILES string of the molecule is CCN(C(=O)CCC(C)(C)C)C(=O)NCCC[NH+](C)C.CCNC(=O)N(CCC[NH+](C)C)C(=O)CCC(C)(C)C. The third-order valence-corrected chi connectivity index (χ3v) is 6.10. The lowest BCUT2D eigenvalue weighted by Crippen LogP contribution is -3.05. The monoisotopic (exact) mass is 572 g/mol. The highest BCUT2D eigenvalue weighted by atomic mass is 16.2. The number of carbonyl (C=O) groups excluding carboxylic acids is 4. The van der Waals surface area contributed by atoms with Crippen LogP contribution in [-0.2, 0) is 9.59 Å². The Hall–Kier alpha value is -2.20. The summed E-state index contributed by atoms with van der Waals surface area (Å²) in [7, 11) is 8.29. The number of amides is 6. The molecule has 0 heterocycles. The summed E-state index contributed by atoms with van der Waals surface area (Å²) in [5.74, 6) is -0.155. The fraction of sp³-hybridized carbons (Fsp3) is 0.867. The molecule has 0 aromatic rings. The van der Waals surface area contributed by atoms with E-state index in [1.807, 2.05) is 13.8 Å². The lowest BCUT2D eigenvalue weighted by atomic mass is 9.90. The number of carbonyl (C=O) groups is 4. The maximum absolute atomic E-state index is 12.2. The minimum atomic E-state index is -0.264. The summed E-state index contributed by atoms with van der Waals surface area (Å²) in [4.78, 5) is 53.6. The normalized spacial score (nSPS) is 11.6. The number of urea groups is 2. The van der Waals surface area contributed by atoms with Gasteiger partial charge in [-0.2, -0.15) is 0 Å². The van der Waals surface area contributed by atoms with E-state index in [2.05, 4.69) is 80.4 Å². The molecule has 0 saturated heterocycles. The van der Waals surface area contributed by atoms with E-state index in [1.54, 1.807) is 0 Å². The Morgan fingerprint density at radius 1 is 0.650 bits per heavy atom. The fourth-order valence-electron chi connectivity index (χ4n) is 3.58. The molecule has 10 nitrogen and oxygen atoms in total.